The highest BCUT2D eigenvalue weighted by molar-refractivity contribution is 9.10. The molecular formula is C15H12BrNO4S. The van der Waals surface area contributed by atoms with Crippen LogP contribution in [0.3, 0.4) is 0 Å². The van der Waals surface area contributed by atoms with Crippen LogP contribution in [0.2, 0.25) is 0 Å². The molecule has 22 heavy (non-hydrogen) atoms. The van der Waals surface area contributed by atoms with Gasteiger partial charge in [0, 0.05) is 16.6 Å². The molecule has 0 fully saturated rings. The van der Waals surface area contributed by atoms with Crippen LogP contribution < -0.4 is 9.50 Å². The third-order valence-electron chi connectivity index (χ3n) is 3.28. The van der Waals surface area contributed by atoms with Crippen LogP contribution in [0.25, 0.3) is 0 Å². The molecule has 2 aromatic rings. The summed E-state index contributed by atoms with van der Waals surface area (Å²) in [5.41, 5.74) is 1.44. The second-order valence-corrected chi connectivity index (χ2v) is 7.32. The summed E-state index contributed by atoms with van der Waals surface area (Å²) in [7, 11) is -3.90. The van der Waals surface area contributed by atoms with E-state index in [1.807, 2.05) is 0 Å². The molecule has 1 heterocycles. The van der Waals surface area contributed by atoms with E-state index in [4.69, 9.17) is 4.18 Å². The van der Waals surface area contributed by atoms with Crippen LogP contribution in [0.5, 0.6) is 5.75 Å². The second-order valence-electron chi connectivity index (χ2n) is 4.86. The molecule has 0 saturated carbocycles. The lowest BCUT2D eigenvalue weighted by Gasteiger charge is -2.17. The van der Waals surface area contributed by atoms with Crippen LogP contribution in [0.4, 0.5) is 5.69 Å². The fraction of sp³-hybridized carbons (Fsp3) is 0.133. The normalized spacial score (nSPS) is 14.1. The predicted molar refractivity (Wildman–Crippen MR) is 85.3 cm³/mol. The Morgan fingerprint density at radius 3 is 2.50 bits per heavy atom. The minimum atomic E-state index is -3.90. The molecule has 1 amide bonds. The first-order chi connectivity index (χ1) is 10.4. The Balaban J connectivity index is 1.89. The third-order valence-corrected chi connectivity index (χ3v) is 5.05. The van der Waals surface area contributed by atoms with Gasteiger partial charge in [-0.25, -0.2) is 0 Å². The number of aryl methyl sites for hydroxylation is 1. The van der Waals surface area contributed by atoms with Crippen LogP contribution in [0.1, 0.15) is 12.0 Å². The van der Waals surface area contributed by atoms with Gasteiger partial charge in [-0.1, -0.05) is 15.9 Å². The maximum atomic E-state index is 12.3. The lowest BCUT2D eigenvalue weighted by molar-refractivity contribution is -0.116. The van der Waals surface area contributed by atoms with E-state index in [1.54, 1.807) is 36.4 Å². The molecule has 114 valence electrons. The number of hydrogen-bond acceptors (Lipinski definition) is 4. The summed E-state index contributed by atoms with van der Waals surface area (Å²) in [6.07, 6.45) is 0.868. The number of nitrogens with one attached hydrogen (secondary N) is 1. The van der Waals surface area contributed by atoms with Crippen molar-refractivity contribution in [1.82, 2.24) is 0 Å². The van der Waals surface area contributed by atoms with Gasteiger partial charge in [-0.15, -0.1) is 0 Å². The minimum absolute atomic E-state index is 0.0609. The highest BCUT2D eigenvalue weighted by Crippen LogP contribution is 2.27. The average Bonchev–Trinajstić information content (AvgIpc) is 2.49. The predicted octanol–water partition coefficient (Wildman–Crippen LogP) is 3.10. The van der Waals surface area contributed by atoms with Crippen LogP contribution in [0.15, 0.2) is 51.8 Å². The van der Waals surface area contributed by atoms with Gasteiger partial charge in [-0.05, 0) is 54.4 Å². The van der Waals surface area contributed by atoms with Crippen molar-refractivity contribution in [3.63, 3.8) is 0 Å². The third kappa shape index (κ3) is 3.15. The van der Waals surface area contributed by atoms with Crippen LogP contribution >= 0.6 is 15.9 Å². The number of amides is 1. The summed E-state index contributed by atoms with van der Waals surface area (Å²) in [6, 6.07) is 11.1. The molecule has 0 bridgehead atoms. The van der Waals surface area contributed by atoms with E-state index in [2.05, 4.69) is 21.2 Å². The molecule has 0 atom stereocenters. The fourth-order valence-corrected chi connectivity index (χ4v) is 3.43. The molecule has 7 heteroatoms. The number of fused-ring (bicyclic) bond motifs is 1. The number of rotatable bonds is 3. The molecule has 0 spiro atoms. The maximum Gasteiger partial charge on any atom is 0.339 e. The molecule has 3 rings (SSSR count). The van der Waals surface area contributed by atoms with Gasteiger partial charge in [-0.2, -0.15) is 8.42 Å². The first kappa shape index (κ1) is 15.1. The van der Waals surface area contributed by atoms with Crippen molar-refractivity contribution in [3.8, 4) is 5.75 Å². The Morgan fingerprint density at radius 1 is 1.05 bits per heavy atom. The highest BCUT2D eigenvalue weighted by Gasteiger charge is 2.21. The summed E-state index contributed by atoms with van der Waals surface area (Å²) in [6.45, 7) is 0. The van der Waals surface area contributed by atoms with Gasteiger partial charge in [0.1, 0.15) is 10.6 Å². The molecular weight excluding hydrogens is 370 g/mol. The molecule has 2 aromatic carbocycles. The van der Waals surface area contributed by atoms with Crippen molar-refractivity contribution in [3.05, 3.63) is 52.5 Å². The zero-order valence-corrected chi connectivity index (χ0v) is 13.8. The summed E-state index contributed by atoms with van der Waals surface area (Å²) >= 11 is 3.28. The largest absolute Gasteiger partial charge is 0.379 e. The number of carbonyl (C=O) groups excluding carboxylic acids is 1. The highest BCUT2D eigenvalue weighted by atomic mass is 79.9. The summed E-state index contributed by atoms with van der Waals surface area (Å²) in [5, 5.41) is 2.71. The lowest BCUT2D eigenvalue weighted by atomic mass is 10.0. The number of carbonyl (C=O) groups is 1. The van der Waals surface area contributed by atoms with E-state index in [0.717, 1.165) is 10.0 Å². The summed E-state index contributed by atoms with van der Waals surface area (Å²) in [5.74, 6) is 0.184. The molecule has 5 nitrogen and oxygen atoms in total. The monoisotopic (exact) mass is 381 g/mol. The van der Waals surface area contributed by atoms with Gasteiger partial charge >= 0.3 is 10.1 Å². The van der Waals surface area contributed by atoms with Gasteiger partial charge in [0.05, 0.1) is 0 Å². The van der Waals surface area contributed by atoms with Crippen molar-refractivity contribution in [2.75, 3.05) is 5.32 Å². The van der Waals surface area contributed by atoms with Crippen LogP contribution in [-0.4, -0.2) is 14.3 Å². The van der Waals surface area contributed by atoms with Crippen molar-refractivity contribution in [2.45, 2.75) is 17.7 Å². The fourth-order valence-electron chi connectivity index (χ4n) is 2.18. The quantitative estimate of drug-likeness (QED) is 0.829. The Bertz CT molecular complexity index is 831. The number of benzene rings is 2. The van der Waals surface area contributed by atoms with Gasteiger partial charge < -0.3 is 9.50 Å². The van der Waals surface area contributed by atoms with Crippen molar-refractivity contribution in [1.29, 1.82) is 0 Å². The van der Waals surface area contributed by atoms with Gasteiger partial charge in [0.25, 0.3) is 0 Å². The Kier molecular flexibility index (Phi) is 3.92. The van der Waals surface area contributed by atoms with E-state index < -0.39 is 10.1 Å². The van der Waals surface area contributed by atoms with E-state index in [-0.39, 0.29) is 16.6 Å². The zero-order chi connectivity index (χ0) is 15.7. The first-order valence-electron chi connectivity index (χ1n) is 6.57. The maximum absolute atomic E-state index is 12.3. The SMILES string of the molecule is O=C1CCc2cc(S(=O)(=O)Oc3ccc(Br)cc3)ccc2N1. The van der Waals surface area contributed by atoms with E-state index in [0.29, 0.717) is 18.5 Å². The summed E-state index contributed by atoms with van der Waals surface area (Å²) in [4.78, 5) is 11.4. The number of halogens is 1. The Morgan fingerprint density at radius 2 is 1.77 bits per heavy atom. The minimum Gasteiger partial charge on any atom is -0.379 e. The first-order valence-corrected chi connectivity index (χ1v) is 8.77. The molecule has 1 aliphatic heterocycles. The smallest absolute Gasteiger partial charge is 0.339 e. The molecule has 1 aliphatic rings. The zero-order valence-electron chi connectivity index (χ0n) is 11.4. The van der Waals surface area contributed by atoms with Crippen molar-refractivity contribution >= 4 is 37.6 Å². The molecule has 0 unspecified atom stereocenters. The van der Waals surface area contributed by atoms with Gasteiger partial charge in [0.2, 0.25) is 5.91 Å². The topological polar surface area (TPSA) is 72.5 Å². The lowest BCUT2D eigenvalue weighted by Crippen LogP contribution is -2.19. The van der Waals surface area contributed by atoms with E-state index in [9.17, 15) is 13.2 Å². The van der Waals surface area contributed by atoms with Crippen molar-refractivity contribution in [2.24, 2.45) is 0 Å². The molecule has 1 N–H and O–H groups in total. The Hall–Kier alpha value is -1.86. The van der Waals surface area contributed by atoms with Crippen molar-refractivity contribution < 1.29 is 17.4 Å². The van der Waals surface area contributed by atoms with Gasteiger partial charge in [-0.3, -0.25) is 4.79 Å². The molecule has 0 aromatic heterocycles. The summed E-state index contributed by atoms with van der Waals surface area (Å²) < 4.78 is 30.6. The Labute approximate surface area is 136 Å². The van der Waals surface area contributed by atoms with E-state index in [1.165, 1.54) is 6.07 Å². The van der Waals surface area contributed by atoms with Crippen LogP contribution in [0, 0.1) is 0 Å². The number of anilines is 1. The second kappa shape index (κ2) is 5.73. The molecule has 0 radical (unpaired) electrons. The molecule has 0 saturated heterocycles. The van der Waals surface area contributed by atoms with Crippen LogP contribution in [-0.2, 0) is 21.3 Å². The van der Waals surface area contributed by atoms with E-state index >= 15 is 0 Å². The van der Waals surface area contributed by atoms with Gasteiger partial charge in [0.15, 0.2) is 0 Å². The molecule has 0 aliphatic carbocycles. The standard InChI is InChI=1S/C15H12BrNO4S/c16-11-2-4-12(5-3-11)21-22(19,20)13-6-7-14-10(9-13)1-8-15(18)17-14/h2-7,9H,1,8H2,(H,17,18). The average molecular weight is 382 g/mol. The number of hydrogen-bond donors (Lipinski definition) is 1.